The number of nitrogens with one attached hydrogen (secondary N) is 1. The number of ether oxygens (including phenoxy) is 1. The topological polar surface area (TPSA) is 92.4 Å². The van der Waals surface area contributed by atoms with Crippen LogP contribution in [0.1, 0.15) is 28.7 Å². The number of aryl methyl sites for hydroxylation is 1. The van der Waals surface area contributed by atoms with Crippen LogP contribution in [0.2, 0.25) is 0 Å². The molecule has 180 valence electrons. The zero-order chi connectivity index (χ0) is 24.7. The molecule has 1 aliphatic rings. The van der Waals surface area contributed by atoms with Crippen molar-refractivity contribution in [3.8, 4) is 16.9 Å². The number of hydrogen-bond acceptors (Lipinski definition) is 5. The van der Waals surface area contributed by atoms with Crippen molar-refractivity contribution in [3.05, 3.63) is 76.0 Å². The molecule has 7 nitrogen and oxygen atoms in total. The first-order valence-electron chi connectivity index (χ1n) is 11.3. The largest absolute Gasteiger partial charge is 0.491 e. The molecule has 0 saturated carbocycles. The molecule has 1 amide bonds. The molecule has 0 unspecified atom stereocenters. The summed E-state index contributed by atoms with van der Waals surface area (Å²) in [7, 11) is -3.36. The van der Waals surface area contributed by atoms with Gasteiger partial charge in [-0.25, -0.2) is 13.4 Å². The Morgan fingerprint density at radius 3 is 2.66 bits per heavy atom. The van der Waals surface area contributed by atoms with E-state index in [1.165, 1.54) is 12.1 Å². The van der Waals surface area contributed by atoms with Crippen molar-refractivity contribution in [1.29, 1.82) is 0 Å². The highest BCUT2D eigenvalue weighted by Gasteiger charge is 2.24. The van der Waals surface area contributed by atoms with Crippen molar-refractivity contribution in [1.82, 2.24) is 14.9 Å². The maximum Gasteiger partial charge on any atom is 0.255 e. The van der Waals surface area contributed by atoms with Crippen LogP contribution in [0.3, 0.4) is 0 Å². The number of benzene rings is 3. The van der Waals surface area contributed by atoms with Gasteiger partial charge in [0, 0.05) is 16.6 Å². The second-order valence-electron chi connectivity index (χ2n) is 8.50. The molecule has 0 radical (unpaired) electrons. The molecular weight excluding hydrogens is 530 g/mol. The molecule has 1 N–H and O–H groups in total. The molecule has 1 aromatic heterocycles. The molecule has 1 aliphatic heterocycles. The lowest BCUT2D eigenvalue weighted by Gasteiger charge is -2.21. The predicted molar refractivity (Wildman–Crippen MR) is 138 cm³/mol. The first-order chi connectivity index (χ1) is 16.7. The molecule has 2 heterocycles. The molecule has 5 rings (SSSR count). The van der Waals surface area contributed by atoms with Gasteiger partial charge in [0.2, 0.25) is 0 Å². The number of aromatic nitrogens is 2. The highest BCUT2D eigenvalue weighted by molar-refractivity contribution is 9.10. The molecule has 0 fully saturated rings. The van der Waals surface area contributed by atoms with Gasteiger partial charge >= 0.3 is 0 Å². The zero-order valence-electron chi connectivity index (χ0n) is 19.3. The Morgan fingerprint density at radius 2 is 1.89 bits per heavy atom. The third-order valence-corrected chi connectivity index (χ3v) is 8.56. The van der Waals surface area contributed by atoms with E-state index < -0.39 is 9.84 Å². The maximum atomic E-state index is 13.4. The predicted octanol–water partition coefficient (Wildman–Crippen LogP) is 5.13. The molecule has 35 heavy (non-hydrogen) atoms. The monoisotopic (exact) mass is 553 g/mol. The average Bonchev–Trinajstić information content (AvgIpc) is 3.09. The quantitative estimate of drug-likeness (QED) is 0.378. The van der Waals surface area contributed by atoms with Crippen molar-refractivity contribution >= 4 is 42.7 Å². The van der Waals surface area contributed by atoms with Crippen LogP contribution < -0.4 is 4.74 Å². The van der Waals surface area contributed by atoms with Crippen LogP contribution in [0.15, 0.2) is 64.0 Å². The number of imidazole rings is 1. The number of aromatic amines is 1. The molecular formula is C26H24BrN3O4S. The number of halogens is 1. The highest BCUT2D eigenvalue weighted by atomic mass is 79.9. The summed E-state index contributed by atoms with van der Waals surface area (Å²) in [6.45, 7) is 4.70. The summed E-state index contributed by atoms with van der Waals surface area (Å²) in [5.41, 5.74) is 5.29. The van der Waals surface area contributed by atoms with Crippen molar-refractivity contribution < 1.29 is 17.9 Å². The Bertz CT molecular complexity index is 1560. The summed E-state index contributed by atoms with van der Waals surface area (Å²) in [4.78, 5) is 23.1. The summed E-state index contributed by atoms with van der Waals surface area (Å²) in [6, 6.07) is 16.7. The van der Waals surface area contributed by atoms with Crippen LogP contribution in [0.25, 0.3) is 22.2 Å². The van der Waals surface area contributed by atoms with E-state index in [0.29, 0.717) is 29.7 Å². The second kappa shape index (κ2) is 9.13. The number of sulfone groups is 1. The first-order valence-corrected chi connectivity index (χ1v) is 13.7. The lowest BCUT2D eigenvalue weighted by molar-refractivity contribution is 0.0732. The van der Waals surface area contributed by atoms with Crippen molar-refractivity contribution in [2.24, 2.45) is 0 Å². The van der Waals surface area contributed by atoms with E-state index in [1.807, 2.05) is 31.2 Å². The summed E-state index contributed by atoms with van der Waals surface area (Å²) in [5.74, 6) is 1.44. The molecule has 0 spiro atoms. The summed E-state index contributed by atoms with van der Waals surface area (Å²) < 4.78 is 30.8. The average molecular weight is 554 g/mol. The summed E-state index contributed by atoms with van der Waals surface area (Å²) >= 11 is 3.40. The van der Waals surface area contributed by atoms with E-state index >= 15 is 0 Å². The number of carbonyl (C=O) groups is 1. The molecule has 0 bridgehead atoms. The van der Waals surface area contributed by atoms with Gasteiger partial charge < -0.3 is 14.6 Å². The van der Waals surface area contributed by atoms with Crippen molar-refractivity contribution in [3.63, 3.8) is 0 Å². The Balaban J connectivity index is 1.44. The van der Waals surface area contributed by atoms with Gasteiger partial charge in [-0.1, -0.05) is 19.1 Å². The molecule has 3 aromatic carbocycles. The smallest absolute Gasteiger partial charge is 0.255 e. The van der Waals surface area contributed by atoms with E-state index in [1.54, 1.807) is 17.9 Å². The molecule has 4 aromatic rings. The van der Waals surface area contributed by atoms with Crippen molar-refractivity contribution in [2.45, 2.75) is 25.3 Å². The second-order valence-corrected chi connectivity index (χ2v) is 11.6. The summed E-state index contributed by atoms with van der Waals surface area (Å²) in [5, 5.41) is 0. The van der Waals surface area contributed by atoms with Crippen LogP contribution >= 0.6 is 15.9 Å². The lowest BCUT2D eigenvalue weighted by atomic mass is 10.0. The zero-order valence-corrected chi connectivity index (χ0v) is 21.7. The van der Waals surface area contributed by atoms with E-state index in [9.17, 15) is 13.2 Å². The number of nitrogens with zero attached hydrogens (tertiary/aromatic N) is 2. The Morgan fingerprint density at radius 1 is 1.11 bits per heavy atom. The maximum absolute atomic E-state index is 13.4. The van der Waals surface area contributed by atoms with Crippen LogP contribution in [0, 0.1) is 6.92 Å². The standard InChI is InChI=1S/C26H24BrN3O4S/c1-3-35(32,33)20-6-7-21(22(27)14-20)26(31)30-10-11-34-25-9-5-17(12-19(25)15-30)18-4-8-23-24(13-18)29-16(2)28-23/h4-9,12-14H,3,10-11,15H2,1-2H3,(H,28,29). The number of H-pyrrole nitrogens is 1. The van der Waals surface area contributed by atoms with Crippen LogP contribution in [-0.4, -0.2) is 48.1 Å². The van der Waals surface area contributed by atoms with Gasteiger partial charge in [0.15, 0.2) is 9.84 Å². The van der Waals surface area contributed by atoms with E-state index in [0.717, 1.165) is 39.3 Å². The molecule has 9 heteroatoms. The minimum Gasteiger partial charge on any atom is -0.491 e. The van der Waals surface area contributed by atoms with Gasteiger partial charge in [0.25, 0.3) is 5.91 Å². The van der Waals surface area contributed by atoms with Gasteiger partial charge in [-0.3, -0.25) is 4.79 Å². The summed E-state index contributed by atoms with van der Waals surface area (Å²) in [6.07, 6.45) is 0. The van der Waals surface area contributed by atoms with Crippen LogP contribution in [0.4, 0.5) is 0 Å². The third kappa shape index (κ3) is 4.58. The number of rotatable bonds is 4. The van der Waals surface area contributed by atoms with Gasteiger partial charge in [0.05, 0.1) is 33.8 Å². The van der Waals surface area contributed by atoms with Gasteiger partial charge in [-0.05, 0) is 76.4 Å². The van der Waals surface area contributed by atoms with Crippen molar-refractivity contribution in [2.75, 3.05) is 18.9 Å². The minimum absolute atomic E-state index is 0.00221. The SMILES string of the molecule is CCS(=O)(=O)c1ccc(C(=O)N2CCOc3ccc(-c4ccc5nc(C)[nH]c5c4)cc3C2)c(Br)c1. The Kier molecular flexibility index (Phi) is 6.14. The van der Waals surface area contributed by atoms with Crippen LogP contribution in [-0.2, 0) is 16.4 Å². The number of carbonyl (C=O) groups excluding carboxylic acids is 1. The fourth-order valence-corrected chi connectivity index (χ4v) is 5.87. The normalized spacial score (nSPS) is 13.9. The van der Waals surface area contributed by atoms with Gasteiger partial charge in [-0.2, -0.15) is 0 Å². The van der Waals surface area contributed by atoms with E-state index in [-0.39, 0.29) is 16.6 Å². The molecule has 0 aliphatic carbocycles. The Labute approximate surface area is 212 Å². The van der Waals surface area contributed by atoms with Gasteiger partial charge in [-0.15, -0.1) is 0 Å². The van der Waals surface area contributed by atoms with E-state index in [2.05, 4.69) is 38.0 Å². The number of amides is 1. The fourth-order valence-electron chi connectivity index (χ4n) is 4.26. The lowest BCUT2D eigenvalue weighted by Crippen LogP contribution is -2.32. The molecule has 0 saturated heterocycles. The molecule has 0 atom stereocenters. The Hall–Kier alpha value is -3.17. The highest BCUT2D eigenvalue weighted by Crippen LogP contribution is 2.32. The number of hydrogen-bond donors (Lipinski definition) is 1. The van der Waals surface area contributed by atoms with Gasteiger partial charge in [0.1, 0.15) is 18.2 Å². The first kappa shape index (κ1) is 23.6. The van der Waals surface area contributed by atoms with E-state index in [4.69, 9.17) is 4.74 Å². The number of fused-ring (bicyclic) bond motifs is 2. The van der Waals surface area contributed by atoms with Crippen LogP contribution in [0.5, 0.6) is 5.75 Å². The fraction of sp³-hybridized carbons (Fsp3) is 0.231. The third-order valence-electron chi connectivity index (χ3n) is 6.17. The minimum atomic E-state index is -3.36.